The van der Waals surface area contributed by atoms with E-state index in [1.54, 1.807) is 6.07 Å². The van der Waals surface area contributed by atoms with Crippen LogP contribution < -0.4 is 4.74 Å². The third-order valence-corrected chi connectivity index (χ3v) is 3.06. The van der Waals surface area contributed by atoms with E-state index in [2.05, 4.69) is 0 Å². The fraction of sp³-hybridized carbons (Fsp3) is 0.0769. The number of hydrogen-bond donors (Lipinski definition) is 0. The molecule has 0 heterocycles. The Morgan fingerprint density at radius 3 is 2.70 bits per heavy atom. The summed E-state index contributed by atoms with van der Waals surface area (Å²) in [6.45, 7) is -0.187. The minimum Gasteiger partial charge on any atom is -0.482 e. The van der Waals surface area contributed by atoms with Crippen molar-refractivity contribution < 1.29 is 14.1 Å². The van der Waals surface area contributed by atoms with Gasteiger partial charge in [0.2, 0.25) is 0 Å². The van der Waals surface area contributed by atoms with Crippen LogP contribution in [0.3, 0.4) is 0 Å². The van der Waals surface area contributed by atoms with E-state index in [4.69, 9.17) is 27.9 Å². The molecule has 0 unspecified atom stereocenters. The zero-order valence-corrected chi connectivity index (χ0v) is 11.5. The van der Waals surface area contributed by atoms with Crippen LogP contribution in [-0.2, 0) is 6.61 Å². The third-order valence-electron chi connectivity index (χ3n) is 2.53. The highest BCUT2D eigenvalue weighted by Gasteiger charge is 2.16. The second-order valence-corrected chi connectivity index (χ2v) is 4.71. The van der Waals surface area contributed by atoms with Gasteiger partial charge in [-0.1, -0.05) is 35.3 Å². The molecular weight excluding hydrogens is 308 g/mol. The molecule has 2 aromatic carbocycles. The maximum Gasteiger partial charge on any atom is 0.311 e. The lowest BCUT2D eigenvalue weighted by molar-refractivity contribution is -0.385. The Kier molecular flexibility index (Phi) is 4.42. The lowest BCUT2D eigenvalue weighted by Crippen LogP contribution is -2.01. The average Bonchev–Trinajstić information content (AvgIpc) is 2.40. The number of nitrogens with zero attached hydrogens (tertiary/aromatic N) is 1. The van der Waals surface area contributed by atoms with E-state index in [0.29, 0.717) is 0 Å². The normalized spacial score (nSPS) is 10.3. The SMILES string of the molecule is O=[N+]([O-])c1ccc(Cl)cc1OCc1cccc(Cl)c1F. The van der Waals surface area contributed by atoms with Gasteiger partial charge in [-0.2, -0.15) is 0 Å². The zero-order valence-electron chi connectivity index (χ0n) is 9.98. The van der Waals surface area contributed by atoms with E-state index in [1.165, 1.54) is 30.3 Å². The van der Waals surface area contributed by atoms with Crippen molar-refractivity contribution in [1.82, 2.24) is 0 Å². The Hall–Kier alpha value is -1.85. The molecule has 4 nitrogen and oxygen atoms in total. The summed E-state index contributed by atoms with van der Waals surface area (Å²) in [6.07, 6.45) is 0. The minimum atomic E-state index is -0.612. The van der Waals surface area contributed by atoms with Crippen molar-refractivity contribution in [2.75, 3.05) is 0 Å². The van der Waals surface area contributed by atoms with Crippen molar-refractivity contribution in [2.45, 2.75) is 6.61 Å². The highest BCUT2D eigenvalue weighted by atomic mass is 35.5. The van der Waals surface area contributed by atoms with Crippen molar-refractivity contribution in [3.63, 3.8) is 0 Å². The van der Waals surface area contributed by atoms with E-state index in [1.807, 2.05) is 0 Å². The molecule has 0 bridgehead atoms. The van der Waals surface area contributed by atoms with E-state index >= 15 is 0 Å². The van der Waals surface area contributed by atoms with Gasteiger partial charge >= 0.3 is 5.69 Å². The Morgan fingerprint density at radius 2 is 2.00 bits per heavy atom. The maximum absolute atomic E-state index is 13.7. The van der Waals surface area contributed by atoms with Gasteiger partial charge in [0.15, 0.2) is 5.75 Å². The Bertz CT molecular complexity index is 664. The summed E-state index contributed by atoms with van der Waals surface area (Å²) in [6, 6.07) is 8.37. The highest BCUT2D eigenvalue weighted by molar-refractivity contribution is 6.31. The summed E-state index contributed by atoms with van der Waals surface area (Å²) in [5, 5.41) is 11.1. The molecule has 0 radical (unpaired) electrons. The van der Waals surface area contributed by atoms with Gasteiger partial charge in [-0.15, -0.1) is 0 Å². The standard InChI is InChI=1S/C13H8Cl2FNO3/c14-9-4-5-11(17(18)19)12(6-9)20-7-8-2-1-3-10(15)13(8)16/h1-6H,7H2. The second kappa shape index (κ2) is 6.07. The number of ether oxygens (including phenoxy) is 1. The number of nitro benzene ring substituents is 1. The van der Waals surface area contributed by atoms with Crippen LogP contribution in [0.1, 0.15) is 5.56 Å². The van der Waals surface area contributed by atoms with Crippen LogP contribution in [0.4, 0.5) is 10.1 Å². The van der Waals surface area contributed by atoms with Crippen LogP contribution in [0, 0.1) is 15.9 Å². The van der Waals surface area contributed by atoms with E-state index in [9.17, 15) is 14.5 Å². The molecule has 2 rings (SSSR count). The van der Waals surface area contributed by atoms with Gasteiger partial charge < -0.3 is 4.74 Å². The Morgan fingerprint density at radius 1 is 1.25 bits per heavy atom. The predicted octanol–water partition coefficient (Wildman–Crippen LogP) is 4.62. The van der Waals surface area contributed by atoms with Gasteiger partial charge in [0, 0.05) is 22.7 Å². The average molecular weight is 316 g/mol. The Labute approximate surface area is 123 Å². The van der Waals surface area contributed by atoms with Crippen molar-refractivity contribution in [1.29, 1.82) is 0 Å². The smallest absolute Gasteiger partial charge is 0.311 e. The largest absolute Gasteiger partial charge is 0.482 e. The molecule has 0 aliphatic heterocycles. The fourth-order valence-corrected chi connectivity index (χ4v) is 1.93. The maximum atomic E-state index is 13.7. The minimum absolute atomic E-state index is 0.0260. The summed E-state index contributed by atoms with van der Waals surface area (Å²) in [5.74, 6) is -0.638. The van der Waals surface area contributed by atoms with Crippen LogP contribution in [0.25, 0.3) is 0 Å². The van der Waals surface area contributed by atoms with Gasteiger partial charge in [-0.05, 0) is 12.1 Å². The lowest BCUT2D eigenvalue weighted by Gasteiger charge is -2.08. The zero-order chi connectivity index (χ0) is 14.7. The van der Waals surface area contributed by atoms with Crippen LogP contribution >= 0.6 is 23.2 Å². The van der Waals surface area contributed by atoms with E-state index in [-0.39, 0.29) is 33.7 Å². The first-order valence-electron chi connectivity index (χ1n) is 5.48. The molecule has 0 fully saturated rings. The van der Waals surface area contributed by atoms with Crippen LogP contribution in [0.2, 0.25) is 10.0 Å². The molecule has 0 amide bonds. The molecule has 0 spiro atoms. The molecule has 0 saturated heterocycles. The molecule has 7 heteroatoms. The molecule has 20 heavy (non-hydrogen) atoms. The molecular formula is C13H8Cl2FNO3. The van der Waals surface area contributed by atoms with Crippen molar-refractivity contribution >= 4 is 28.9 Å². The van der Waals surface area contributed by atoms with Gasteiger partial charge in [0.25, 0.3) is 0 Å². The predicted molar refractivity (Wildman–Crippen MR) is 73.8 cm³/mol. The summed E-state index contributed by atoms with van der Waals surface area (Å²) < 4.78 is 18.9. The molecule has 0 aliphatic rings. The quantitative estimate of drug-likeness (QED) is 0.611. The van der Waals surface area contributed by atoms with Crippen molar-refractivity contribution in [3.05, 3.63) is 67.9 Å². The first-order valence-corrected chi connectivity index (χ1v) is 6.24. The lowest BCUT2D eigenvalue weighted by atomic mass is 10.2. The molecule has 0 atom stereocenters. The van der Waals surface area contributed by atoms with E-state index in [0.717, 1.165) is 0 Å². The summed E-state index contributed by atoms with van der Waals surface area (Å²) in [4.78, 5) is 10.3. The highest BCUT2D eigenvalue weighted by Crippen LogP contribution is 2.31. The first kappa shape index (κ1) is 14.6. The number of nitro groups is 1. The van der Waals surface area contributed by atoms with Crippen molar-refractivity contribution in [2.24, 2.45) is 0 Å². The third kappa shape index (κ3) is 3.18. The van der Waals surface area contributed by atoms with Crippen LogP contribution in [-0.4, -0.2) is 4.92 Å². The van der Waals surface area contributed by atoms with Crippen LogP contribution in [0.15, 0.2) is 36.4 Å². The first-order chi connectivity index (χ1) is 9.49. The number of rotatable bonds is 4. The fourth-order valence-electron chi connectivity index (χ4n) is 1.57. The summed E-state index contributed by atoms with van der Waals surface area (Å²) in [5.41, 5.74) is -0.0383. The number of hydrogen-bond acceptors (Lipinski definition) is 3. The monoisotopic (exact) mass is 315 g/mol. The van der Waals surface area contributed by atoms with Crippen LogP contribution in [0.5, 0.6) is 5.75 Å². The summed E-state index contributed by atoms with van der Waals surface area (Å²) >= 11 is 11.4. The number of benzene rings is 2. The molecule has 2 aromatic rings. The Balaban J connectivity index is 2.24. The number of halogens is 3. The van der Waals surface area contributed by atoms with Gasteiger partial charge in [-0.3, -0.25) is 10.1 Å². The molecule has 0 aromatic heterocycles. The van der Waals surface area contributed by atoms with E-state index < -0.39 is 10.7 Å². The van der Waals surface area contributed by atoms with Crippen molar-refractivity contribution in [3.8, 4) is 5.75 Å². The van der Waals surface area contributed by atoms with Gasteiger partial charge in [0.1, 0.15) is 12.4 Å². The second-order valence-electron chi connectivity index (χ2n) is 3.87. The molecule has 104 valence electrons. The topological polar surface area (TPSA) is 52.4 Å². The van der Waals surface area contributed by atoms with Gasteiger partial charge in [-0.25, -0.2) is 4.39 Å². The molecule has 0 saturated carbocycles. The molecule has 0 aliphatic carbocycles. The van der Waals surface area contributed by atoms with Gasteiger partial charge in [0.05, 0.1) is 9.95 Å². The summed E-state index contributed by atoms with van der Waals surface area (Å²) in [7, 11) is 0. The molecule has 0 N–H and O–H groups in total.